The quantitative estimate of drug-likeness (QED) is 0.736. The number of hydrogen-bond donors (Lipinski definition) is 1. The van der Waals surface area contributed by atoms with Gasteiger partial charge in [0.25, 0.3) is 0 Å². The van der Waals surface area contributed by atoms with Gasteiger partial charge in [-0.15, -0.1) is 0 Å². The Balaban J connectivity index is 2.27. The summed E-state index contributed by atoms with van der Waals surface area (Å²) in [5, 5.41) is 0.260. The third-order valence-electron chi connectivity index (χ3n) is 2.78. The van der Waals surface area contributed by atoms with Crippen molar-refractivity contribution < 1.29 is 4.39 Å². The molecular weight excluding hydrogens is 265 g/mol. The molecule has 1 heterocycles. The number of halogens is 2. The maximum absolute atomic E-state index is 13.1. The molecule has 2 aromatic carbocycles. The molecule has 0 saturated heterocycles. The zero-order chi connectivity index (χ0) is 13.4. The molecule has 0 amide bonds. The molecule has 0 bridgehead atoms. The Bertz CT molecular complexity index is 774. The van der Waals surface area contributed by atoms with Gasteiger partial charge in [0.1, 0.15) is 11.5 Å². The van der Waals surface area contributed by atoms with E-state index >= 15 is 0 Å². The molecule has 0 atom stereocenters. The summed E-state index contributed by atoms with van der Waals surface area (Å²) in [5.41, 5.74) is 8.35. The van der Waals surface area contributed by atoms with Crippen LogP contribution in [0.4, 0.5) is 10.2 Å². The number of nitrogens with two attached hydrogens (primary N) is 1. The van der Waals surface area contributed by atoms with Crippen LogP contribution in [-0.4, -0.2) is 9.97 Å². The van der Waals surface area contributed by atoms with Crippen LogP contribution in [0.15, 0.2) is 42.5 Å². The molecule has 0 unspecified atom stereocenters. The fourth-order valence-electron chi connectivity index (χ4n) is 1.89. The SMILES string of the molecule is Nc1nc2ccccc2nc1-c1ccc(F)cc1Cl. The van der Waals surface area contributed by atoms with Crippen LogP contribution in [0.5, 0.6) is 0 Å². The van der Waals surface area contributed by atoms with Gasteiger partial charge in [-0.25, -0.2) is 14.4 Å². The van der Waals surface area contributed by atoms with E-state index in [1.807, 2.05) is 24.3 Å². The lowest BCUT2D eigenvalue weighted by Gasteiger charge is -2.08. The van der Waals surface area contributed by atoms with E-state index in [9.17, 15) is 4.39 Å². The molecule has 94 valence electrons. The highest BCUT2D eigenvalue weighted by Crippen LogP contribution is 2.31. The molecule has 0 spiro atoms. The number of nitrogen functional groups attached to an aromatic ring is 1. The number of nitrogens with zero attached hydrogens (tertiary/aromatic N) is 2. The van der Waals surface area contributed by atoms with Crippen molar-refractivity contribution in [2.45, 2.75) is 0 Å². The van der Waals surface area contributed by atoms with E-state index < -0.39 is 5.82 Å². The minimum Gasteiger partial charge on any atom is -0.382 e. The maximum Gasteiger partial charge on any atom is 0.150 e. The van der Waals surface area contributed by atoms with Crippen LogP contribution in [-0.2, 0) is 0 Å². The zero-order valence-corrected chi connectivity index (χ0v) is 10.5. The Morgan fingerprint density at radius 3 is 2.37 bits per heavy atom. The van der Waals surface area contributed by atoms with E-state index in [-0.39, 0.29) is 10.8 Å². The molecule has 3 nitrogen and oxygen atoms in total. The molecule has 19 heavy (non-hydrogen) atoms. The summed E-state index contributed by atoms with van der Waals surface area (Å²) in [6.07, 6.45) is 0. The number of para-hydroxylation sites is 2. The van der Waals surface area contributed by atoms with Crippen molar-refractivity contribution in [1.29, 1.82) is 0 Å². The van der Waals surface area contributed by atoms with Crippen LogP contribution in [0, 0.1) is 5.82 Å². The number of anilines is 1. The van der Waals surface area contributed by atoms with Gasteiger partial charge in [0.2, 0.25) is 0 Å². The summed E-state index contributed by atoms with van der Waals surface area (Å²) in [6.45, 7) is 0. The summed E-state index contributed by atoms with van der Waals surface area (Å²) in [4.78, 5) is 8.72. The first-order valence-electron chi connectivity index (χ1n) is 5.63. The first-order chi connectivity index (χ1) is 9.15. The summed E-state index contributed by atoms with van der Waals surface area (Å²) in [5.74, 6) is -0.131. The second kappa shape index (κ2) is 4.48. The molecule has 3 aromatic rings. The highest BCUT2D eigenvalue weighted by Gasteiger charge is 2.12. The fraction of sp³-hybridized carbons (Fsp3) is 0. The molecule has 0 saturated carbocycles. The van der Waals surface area contributed by atoms with Gasteiger partial charge in [-0.1, -0.05) is 23.7 Å². The average molecular weight is 274 g/mol. The van der Waals surface area contributed by atoms with Crippen molar-refractivity contribution in [3.63, 3.8) is 0 Å². The molecule has 1 aromatic heterocycles. The Morgan fingerprint density at radius 2 is 1.68 bits per heavy atom. The minimum absolute atomic E-state index is 0.260. The van der Waals surface area contributed by atoms with E-state index in [4.69, 9.17) is 17.3 Å². The van der Waals surface area contributed by atoms with E-state index in [0.29, 0.717) is 22.3 Å². The number of aromatic nitrogens is 2. The van der Waals surface area contributed by atoms with E-state index in [2.05, 4.69) is 9.97 Å². The lowest BCUT2D eigenvalue weighted by molar-refractivity contribution is 0.628. The number of fused-ring (bicyclic) bond motifs is 1. The largest absolute Gasteiger partial charge is 0.382 e. The molecule has 0 aliphatic carbocycles. The van der Waals surface area contributed by atoms with Gasteiger partial charge >= 0.3 is 0 Å². The molecule has 5 heteroatoms. The van der Waals surface area contributed by atoms with Gasteiger partial charge in [0.15, 0.2) is 5.82 Å². The molecule has 3 rings (SSSR count). The Morgan fingerprint density at radius 1 is 1.00 bits per heavy atom. The topological polar surface area (TPSA) is 51.8 Å². The first kappa shape index (κ1) is 11.9. The first-order valence-corrected chi connectivity index (χ1v) is 6.00. The molecule has 0 aliphatic heterocycles. The number of rotatable bonds is 1. The van der Waals surface area contributed by atoms with Crippen LogP contribution in [0.2, 0.25) is 5.02 Å². The summed E-state index contributed by atoms with van der Waals surface area (Å²) >= 11 is 6.02. The summed E-state index contributed by atoms with van der Waals surface area (Å²) in [6, 6.07) is 11.5. The second-order valence-electron chi connectivity index (χ2n) is 4.07. The highest BCUT2D eigenvalue weighted by atomic mass is 35.5. The lowest BCUT2D eigenvalue weighted by Crippen LogP contribution is -1.99. The van der Waals surface area contributed by atoms with E-state index in [1.54, 1.807) is 6.07 Å². The normalized spacial score (nSPS) is 10.8. The minimum atomic E-state index is -0.402. The average Bonchev–Trinajstić information content (AvgIpc) is 2.38. The van der Waals surface area contributed by atoms with Crippen LogP contribution in [0.3, 0.4) is 0 Å². The van der Waals surface area contributed by atoms with Crippen LogP contribution in [0.1, 0.15) is 0 Å². The lowest BCUT2D eigenvalue weighted by atomic mass is 10.1. The van der Waals surface area contributed by atoms with Crippen LogP contribution < -0.4 is 5.73 Å². The van der Waals surface area contributed by atoms with E-state index in [1.165, 1.54) is 12.1 Å². The van der Waals surface area contributed by atoms with Gasteiger partial charge < -0.3 is 5.73 Å². The van der Waals surface area contributed by atoms with Crippen molar-refractivity contribution in [3.8, 4) is 11.3 Å². The number of benzene rings is 2. The second-order valence-corrected chi connectivity index (χ2v) is 4.48. The third-order valence-corrected chi connectivity index (χ3v) is 3.10. The van der Waals surface area contributed by atoms with Gasteiger partial charge in [-0.2, -0.15) is 0 Å². The van der Waals surface area contributed by atoms with E-state index in [0.717, 1.165) is 0 Å². The summed E-state index contributed by atoms with van der Waals surface area (Å²) < 4.78 is 13.1. The van der Waals surface area contributed by atoms with Crippen LogP contribution >= 0.6 is 11.6 Å². The van der Waals surface area contributed by atoms with Crippen molar-refractivity contribution in [2.24, 2.45) is 0 Å². The molecule has 0 radical (unpaired) electrons. The van der Waals surface area contributed by atoms with Gasteiger partial charge in [0, 0.05) is 5.56 Å². The zero-order valence-electron chi connectivity index (χ0n) is 9.77. The third kappa shape index (κ3) is 2.11. The van der Waals surface area contributed by atoms with Crippen molar-refractivity contribution in [2.75, 3.05) is 5.73 Å². The van der Waals surface area contributed by atoms with Crippen molar-refractivity contribution in [3.05, 3.63) is 53.3 Å². The maximum atomic E-state index is 13.1. The van der Waals surface area contributed by atoms with Gasteiger partial charge in [-0.05, 0) is 30.3 Å². The molecule has 2 N–H and O–H groups in total. The predicted octanol–water partition coefficient (Wildman–Crippen LogP) is 3.67. The fourth-order valence-corrected chi connectivity index (χ4v) is 2.15. The predicted molar refractivity (Wildman–Crippen MR) is 74.4 cm³/mol. The molecular formula is C14H9ClFN3. The van der Waals surface area contributed by atoms with Gasteiger partial charge in [0.05, 0.1) is 16.1 Å². The van der Waals surface area contributed by atoms with Gasteiger partial charge in [-0.3, -0.25) is 0 Å². The van der Waals surface area contributed by atoms with Crippen molar-refractivity contribution in [1.82, 2.24) is 9.97 Å². The summed E-state index contributed by atoms with van der Waals surface area (Å²) in [7, 11) is 0. The Kier molecular flexibility index (Phi) is 2.80. The molecule has 0 fully saturated rings. The number of hydrogen-bond acceptors (Lipinski definition) is 3. The smallest absolute Gasteiger partial charge is 0.150 e. The molecule has 0 aliphatic rings. The highest BCUT2D eigenvalue weighted by molar-refractivity contribution is 6.33. The monoisotopic (exact) mass is 273 g/mol. The van der Waals surface area contributed by atoms with Crippen LogP contribution in [0.25, 0.3) is 22.3 Å². The Hall–Kier alpha value is -2.20. The standard InChI is InChI=1S/C14H9ClFN3/c15-10-7-8(16)5-6-9(10)13-14(17)19-12-4-2-1-3-11(12)18-13/h1-7H,(H2,17,19). The van der Waals surface area contributed by atoms with Crippen molar-refractivity contribution >= 4 is 28.5 Å². The Labute approximate surface area is 113 Å².